The van der Waals surface area contributed by atoms with E-state index in [0.29, 0.717) is 5.41 Å². The Morgan fingerprint density at radius 3 is 2.65 bits per heavy atom. The Morgan fingerprint density at radius 2 is 1.85 bits per heavy atom. The Balaban J connectivity index is 1.85. The molecule has 0 fully saturated rings. The highest BCUT2D eigenvalue weighted by molar-refractivity contribution is 9.10. The Labute approximate surface area is 130 Å². The number of fused-ring (bicyclic) bond motifs is 1. The third-order valence-corrected chi connectivity index (χ3v) is 4.98. The van der Waals surface area contributed by atoms with Crippen LogP contribution in [0.4, 0.5) is 0 Å². The van der Waals surface area contributed by atoms with Crippen LogP contribution in [0.25, 0.3) is 0 Å². The van der Waals surface area contributed by atoms with Gasteiger partial charge in [-0.1, -0.05) is 59.3 Å². The summed E-state index contributed by atoms with van der Waals surface area (Å²) < 4.78 is 1.21. The Morgan fingerprint density at radius 1 is 1.05 bits per heavy atom. The van der Waals surface area contributed by atoms with E-state index in [1.165, 1.54) is 47.7 Å². The molecule has 0 N–H and O–H groups in total. The Kier molecular flexibility index (Phi) is 3.98. The van der Waals surface area contributed by atoms with E-state index >= 15 is 0 Å². The van der Waals surface area contributed by atoms with E-state index in [1.807, 2.05) is 0 Å². The third kappa shape index (κ3) is 3.15. The second kappa shape index (κ2) is 5.73. The van der Waals surface area contributed by atoms with Gasteiger partial charge >= 0.3 is 0 Å². The van der Waals surface area contributed by atoms with Gasteiger partial charge in [0.1, 0.15) is 0 Å². The van der Waals surface area contributed by atoms with Crippen molar-refractivity contribution in [1.29, 1.82) is 0 Å². The molecule has 2 aromatic carbocycles. The van der Waals surface area contributed by atoms with Crippen LogP contribution in [0.15, 0.2) is 53.0 Å². The molecular formula is C19H21Br. The first-order valence-corrected chi connectivity index (χ1v) is 8.25. The molecule has 1 heteroatoms. The van der Waals surface area contributed by atoms with Gasteiger partial charge < -0.3 is 0 Å². The maximum absolute atomic E-state index is 3.60. The topological polar surface area (TPSA) is 0 Å². The van der Waals surface area contributed by atoms with Crippen LogP contribution in [0.2, 0.25) is 0 Å². The largest absolute Gasteiger partial charge is 0.0622 e. The van der Waals surface area contributed by atoms with Crippen molar-refractivity contribution in [3.63, 3.8) is 0 Å². The number of hydrogen-bond donors (Lipinski definition) is 0. The van der Waals surface area contributed by atoms with Crippen molar-refractivity contribution < 1.29 is 0 Å². The van der Waals surface area contributed by atoms with Crippen LogP contribution in [0, 0.1) is 5.41 Å². The maximum Gasteiger partial charge on any atom is 0.0178 e. The van der Waals surface area contributed by atoms with Crippen molar-refractivity contribution in [1.82, 2.24) is 0 Å². The Hall–Kier alpha value is -1.08. The predicted molar refractivity (Wildman–Crippen MR) is 89.0 cm³/mol. The first kappa shape index (κ1) is 13.9. The zero-order valence-corrected chi connectivity index (χ0v) is 13.6. The van der Waals surface area contributed by atoms with Gasteiger partial charge in [0.05, 0.1) is 0 Å². The zero-order valence-electron chi connectivity index (χ0n) is 12.0. The van der Waals surface area contributed by atoms with E-state index in [2.05, 4.69) is 71.4 Å². The fourth-order valence-electron chi connectivity index (χ4n) is 3.49. The van der Waals surface area contributed by atoms with Gasteiger partial charge in [0.2, 0.25) is 0 Å². The molecule has 1 aliphatic rings. The minimum Gasteiger partial charge on any atom is -0.0622 e. The normalized spacial score (nSPS) is 22.1. The molecule has 0 saturated heterocycles. The van der Waals surface area contributed by atoms with Crippen LogP contribution < -0.4 is 0 Å². The zero-order chi connectivity index (χ0) is 14.0. The highest BCUT2D eigenvalue weighted by Crippen LogP contribution is 2.37. The summed E-state index contributed by atoms with van der Waals surface area (Å²) in [6.07, 6.45) is 6.22. The molecule has 3 rings (SSSR count). The van der Waals surface area contributed by atoms with Crippen molar-refractivity contribution in [2.75, 3.05) is 0 Å². The average molecular weight is 329 g/mol. The predicted octanol–water partition coefficient (Wildman–Crippen LogP) is 5.58. The molecule has 0 radical (unpaired) electrons. The number of rotatable bonds is 2. The average Bonchev–Trinajstić information content (AvgIpc) is 2.58. The summed E-state index contributed by atoms with van der Waals surface area (Å²) in [5.41, 5.74) is 4.94. The van der Waals surface area contributed by atoms with E-state index in [9.17, 15) is 0 Å². The molecule has 0 aromatic heterocycles. The highest BCUT2D eigenvalue weighted by atomic mass is 79.9. The highest BCUT2D eigenvalue weighted by Gasteiger charge is 2.28. The second-order valence-electron chi connectivity index (χ2n) is 6.42. The molecule has 0 bridgehead atoms. The number of halogens is 1. The standard InChI is InChI=1S/C19H21Br/c1-19(13-15-6-3-2-4-7-15)11-5-8-16-12-18(20)10-9-17(16)14-19/h2-4,6-7,9-10,12H,5,8,11,13-14H2,1H3. The summed E-state index contributed by atoms with van der Waals surface area (Å²) >= 11 is 3.60. The third-order valence-electron chi connectivity index (χ3n) is 4.49. The molecule has 1 atom stereocenters. The van der Waals surface area contributed by atoms with Crippen molar-refractivity contribution in [2.24, 2.45) is 5.41 Å². The van der Waals surface area contributed by atoms with Gasteiger partial charge in [0.25, 0.3) is 0 Å². The molecule has 20 heavy (non-hydrogen) atoms. The summed E-state index contributed by atoms with van der Waals surface area (Å²) in [5, 5.41) is 0. The molecule has 0 amide bonds. The molecule has 0 aliphatic heterocycles. The summed E-state index contributed by atoms with van der Waals surface area (Å²) in [7, 11) is 0. The lowest BCUT2D eigenvalue weighted by molar-refractivity contribution is 0.292. The summed E-state index contributed by atoms with van der Waals surface area (Å²) in [6.45, 7) is 2.46. The quantitative estimate of drug-likeness (QED) is 0.631. The van der Waals surface area contributed by atoms with Crippen LogP contribution in [0.1, 0.15) is 36.5 Å². The van der Waals surface area contributed by atoms with Crippen molar-refractivity contribution in [3.8, 4) is 0 Å². The van der Waals surface area contributed by atoms with Gasteiger partial charge in [0.15, 0.2) is 0 Å². The molecule has 0 heterocycles. The van der Waals surface area contributed by atoms with Gasteiger partial charge in [-0.2, -0.15) is 0 Å². The summed E-state index contributed by atoms with van der Waals surface area (Å²) in [6, 6.07) is 17.7. The molecular weight excluding hydrogens is 308 g/mol. The van der Waals surface area contributed by atoms with Gasteiger partial charge in [-0.15, -0.1) is 0 Å². The first-order chi connectivity index (χ1) is 9.65. The molecule has 0 spiro atoms. The van der Waals surface area contributed by atoms with E-state index < -0.39 is 0 Å². The van der Waals surface area contributed by atoms with Crippen LogP contribution >= 0.6 is 15.9 Å². The maximum atomic E-state index is 3.60. The van der Waals surface area contributed by atoms with Crippen LogP contribution in [0.3, 0.4) is 0 Å². The number of hydrogen-bond acceptors (Lipinski definition) is 0. The van der Waals surface area contributed by atoms with Gasteiger partial charge in [0, 0.05) is 4.47 Å². The summed E-state index contributed by atoms with van der Waals surface area (Å²) in [4.78, 5) is 0. The summed E-state index contributed by atoms with van der Waals surface area (Å²) in [5.74, 6) is 0. The molecule has 0 saturated carbocycles. The SMILES string of the molecule is CC1(Cc2ccccc2)CCCc2cc(Br)ccc2C1. The monoisotopic (exact) mass is 328 g/mol. The lowest BCUT2D eigenvalue weighted by atomic mass is 9.76. The molecule has 0 nitrogen and oxygen atoms in total. The minimum atomic E-state index is 0.389. The van der Waals surface area contributed by atoms with E-state index in [0.717, 1.165) is 0 Å². The van der Waals surface area contributed by atoms with Crippen molar-refractivity contribution >= 4 is 15.9 Å². The Bertz CT molecular complexity index is 588. The van der Waals surface area contributed by atoms with Crippen LogP contribution in [0.5, 0.6) is 0 Å². The van der Waals surface area contributed by atoms with Crippen molar-refractivity contribution in [2.45, 2.75) is 39.0 Å². The molecule has 1 unspecified atom stereocenters. The fourth-order valence-corrected chi connectivity index (χ4v) is 3.90. The van der Waals surface area contributed by atoms with E-state index in [4.69, 9.17) is 0 Å². The van der Waals surface area contributed by atoms with Gasteiger partial charge in [-0.3, -0.25) is 0 Å². The van der Waals surface area contributed by atoms with Gasteiger partial charge in [-0.05, 0) is 66.3 Å². The fraction of sp³-hybridized carbons (Fsp3) is 0.368. The molecule has 1 aliphatic carbocycles. The molecule has 2 aromatic rings. The van der Waals surface area contributed by atoms with Crippen LogP contribution in [-0.4, -0.2) is 0 Å². The minimum absolute atomic E-state index is 0.389. The number of aryl methyl sites for hydroxylation is 1. The van der Waals surface area contributed by atoms with E-state index in [1.54, 1.807) is 5.56 Å². The lowest BCUT2D eigenvalue weighted by Gasteiger charge is -2.28. The van der Waals surface area contributed by atoms with Crippen molar-refractivity contribution in [3.05, 3.63) is 69.7 Å². The molecule has 104 valence electrons. The van der Waals surface area contributed by atoms with Gasteiger partial charge in [-0.25, -0.2) is 0 Å². The number of benzene rings is 2. The lowest BCUT2D eigenvalue weighted by Crippen LogP contribution is -2.22. The second-order valence-corrected chi connectivity index (χ2v) is 7.33. The first-order valence-electron chi connectivity index (χ1n) is 7.46. The smallest absolute Gasteiger partial charge is 0.0178 e. The van der Waals surface area contributed by atoms with Crippen LogP contribution in [-0.2, 0) is 19.3 Å². The van der Waals surface area contributed by atoms with E-state index in [-0.39, 0.29) is 0 Å².